The highest BCUT2D eigenvalue weighted by atomic mass is 32.2. The highest BCUT2D eigenvalue weighted by Crippen LogP contribution is 2.32. The van der Waals surface area contributed by atoms with E-state index in [0.717, 1.165) is 23.6 Å². The van der Waals surface area contributed by atoms with Crippen LogP contribution in [0.4, 0.5) is 0 Å². The van der Waals surface area contributed by atoms with Gasteiger partial charge in [-0.25, -0.2) is 13.4 Å². The van der Waals surface area contributed by atoms with Crippen molar-refractivity contribution in [2.45, 2.75) is 43.7 Å². The lowest BCUT2D eigenvalue weighted by Gasteiger charge is -2.33. The van der Waals surface area contributed by atoms with Crippen LogP contribution in [-0.4, -0.2) is 77.1 Å². The number of imidazole rings is 1. The Morgan fingerprint density at radius 2 is 1.94 bits per heavy atom. The molecule has 0 radical (unpaired) electrons. The quantitative estimate of drug-likeness (QED) is 0.713. The van der Waals surface area contributed by atoms with Crippen molar-refractivity contribution in [2.75, 3.05) is 27.2 Å². The average Bonchev–Trinajstić information content (AvgIpc) is 3.13. The number of likely N-dealkylation sites (N-methyl/N-ethyl adjacent to an activating group) is 1. The molecule has 2 aliphatic heterocycles. The Morgan fingerprint density at radius 1 is 1.19 bits per heavy atom. The molecule has 0 N–H and O–H groups in total. The molecule has 0 saturated carbocycles. The lowest BCUT2D eigenvalue weighted by atomic mass is 10.0. The van der Waals surface area contributed by atoms with Crippen molar-refractivity contribution < 1.29 is 18.0 Å². The van der Waals surface area contributed by atoms with Crippen LogP contribution in [0.25, 0.3) is 5.69 Å². The SMILES string of the molecule is C[C@@H]1CCCCN1C(=O)c1ncn2c1CN(CC(=O)N(C)C)S(=O)(=O)c1ccccc1-2. The maximum atomic E-state index is 13.4. The Hall–Kier alpha value is -2.72. The highest BCUT2D eigenvalue weighted by Gasteiger charge is 2.37. The zero-order valence-electron chi connectivity index (χ0n) is 18.0. The fourth-order valence-electron chi connectivity index (χ4n) is 4.15. The first-order chi connectivity index (χ1) is 14.7. The summed E-state index contributed by atoms with van der Waals surface area (Å²) >= 11 is 0. The third kappa shape index (κ3) is 3.74. The molecule has 9 nitrogen and oxygen atoms in total. The number of amides is 2. The molecular weight excluding hydrogens is 418 g/mol. The van der Waals surface area contributed by atoms with Gasteiger partial charge in [-0.15, -0.1) is 0 Å². The minimum Gasteiger partial charge on any atom is -0.348 e. The predicted molar refractivity (Wildman–Crippen MR) is 114 cm³/mol. The van der Waals surface area contributed by atoms with Crippen LogP contribution in [0.2, 0.25) is 0 Å². The third-order valence-corrected chi connectivity index (χ3v) is 7.85. The standard InChI is InChI=1S/C21H27N5O4S/c1-15-8-6-7-11-25(15)21(28)20-17-12-24(13-19(27)23(2)3)31(29,30)18-10-5-4-9-16(18)26(17)14-22-20/h4-5,9-10,14-15H,6-8,11-13H2,1-3H3/t15-/m1/s1. The molecule has 1 aromatic heterocycles. The summed E-state index contributed by atoms with van der Waals surface area (Å²) in [5.41, 5.74) is 1.14. The molecule has 0 spiro atoms. The molecule has 1 aromatic carbocycles. The smallest absolute Gasteiger partial charge is 0.274 e. The van der Waals surface area contributed by atoms with E-state index in [1.165, 1.54) is 17.3 Å². The highest BCUT2D eigenvalue weighted by molar-refractivity contribution is 7.89. The van der Waals surface area contributed by atoms with Gasteiger partial charge in [-0.2, -0.15) is 4.31 Å². The summed E-state index contributed by atoms with van der Waals surface area (Å²) < 4.78 is 29.6. The number of para-hydroxylation sites is 1. The van der Waals surface area contributed by atoms with E-state index in [-0.39, 0.29) is 41.5 Å². The van der Waals surface area contributed by atoms with Gasteiger partial charge in [0.1, 0.15) is 11.2 Å². The van der Waals surface area contributed by atoms with E-state index in [9.17, 15) is 18.0 Å². The first-order valence-corrected chi connectivity index (χ1v) is 11.8. The Balaban J connectivity index is 1.83. The molecule has 2 aliphatic rings. The van der Waals surface area contributed by atoms with Crippen LogP contribution in [0.5, 0.6) is 0 Å². The normalized spacial score (nSPS) is 20.5. The van der Waals surface area contributed by atoms with Crippen molar-refractivity contribution in [3.63, 3.8) is 0 Å². The first-order valence-electron chi connectivity index (χ1n) is 10.4. The van der Waals surface area contributed by atoms with Crippen molar-refractivity contribution in [3.05, 3.63) is 42.0 Å². The minimum atomic E-state index is -3.95. The minimum absolute atomic E-state index is 0.0862. The van der Waals surface area contributed by atoms with Gasteiger partial charge in [0.05, 0.1) is 24.5 Å². The predicted octanol–water partition coefficient (Wildman–Crippen LogP) is 1.48. The summed E-state index contributed by atoms with van der Waals surface area (Å²) in [7, 11) is -0.789. The average molecular weight is 446 g/mol. The summed E-state index contributed by atoms with van der Waals surface area (Å²) in [5.74, 6) is -0.539. The zero-order chi connectivity index (χ0) is 22.3. The molecule has 2 amide bonds. The number of sulfonamides is 1. The number of nitrogens with zero attached hydrogens (tertiary/aromatic N) is 5. The molecule has 3 heterocycles. The first kappa shape index (κ1) is 21.5. The van der Waals surface area contributed by atoms with E-state index in [4.69, 9.17) is 0 Å². The number of aromatic nitrogens is 2. The molecule has 0 bridgehead atoms. The topological polar surface area (TPSA) is 95.8 Å². The van der Waals surface area contributed by atoms with Crippen LogP contribution in [0.15, 0.2) is 35.5 Å². The van der Waals surface area contributed by atoms with Gasteiger partial charge in [-0.05, 0) is 38.3 Å². The molecule has 166 valence electrons. The molecule has 10 heteroatoms. The second kappa shape index (κ2) is 8.08. The lowest BCUT2D eigenvalue weighted by molar-refractivity contribution is -0.128. The van der Waals surface area contributed by atoms with Crippen LogP contribution in [0, 0.1) is 0 Å². The molecule has 4 rings (SSSR count). The number of hydrogen-bond donors (Lipinski definition) is 0. The van der Waals surface area contributed by atoms with Crippen molar-refractivity contribution in [2.24, 2.45) is 0 Å². The van der Waals surface area contributed by atoms with Crippen molar-refractivity contribution in [1.29, 1.82) is 0 Å². The van der Waals surface area contributed by atoms with E-state index in [1.807, 2.05) is 11.8 Å². The van der Waals surface area contributed by atoms with Gasteiger partial charge in [0.15, 0.2) is 5.69 Å². The molecule has 1 saturated heterocycles. The van der Waals surface area contributed by atoms with Gasteiger partial charge in [-0.3, -0.25) is 14.2 Å². The number of piperidine rings is 1. The van der Waals surface area contributed by atoms with E-state index in [0.29, 0.717) is 17.9 Å². The molecular formula is C21H27N5O4S. The van der Waals surface area contributed by atoms with Crippen LogP contribution < -0.4 is 0 Å². The van der Waals surface area contributed by atoms with E-state index < -0.39 is 10.0 Å². The van der Waals surface area contributed by atoms with E-state index in [1.54, 1.807) is 36.9 Å². The molecule has 1 fully saturated rings. The maximum Gasteiger partial charge on any atom is 0.274 e. The maximum absolute atomic E-state index is 13.4. The van der Waals surface area contributed by atoms with Gasteiger partial charge in [-0.1, -0.05) is 12.1 Å². The monoisotopic (exact) mass is 445 g/mol. The Morgan fingerprint density at radius 3 is 2.65 bits per heavy atom. The Bertz CT molecular complexity index is 1120. The van der Waals surface area contributed by atoms with Gasteiger partial charge in [0.25, 0.3) is 5.91 Å². The van der Waals surface area contributed by atoms with Crippen LogP contribution in [0.1, 0.15) is 42.4 Å². The van der Waals surface area contributed by atoms with Gasteiger partial charge >= 0.3 is 0 Å². The summed E-state index contributed by atoms with van der Waals surface area (Å²) in [4.78, 5) is 33.4. The molecule has 0 unspecified atom stereocenters. The van der Waals surface area contributed by atoms with E-state index >= 15 is 0 Å². The van der Waals surface area contributed by atoms with Gasteiger partial charge in [0.2, 0.25) is 15.9 Å². The van der Waals surface area contributed by atoms with Crippen LogP contribution >= 0.6 is 0 Å². The molecule has 31 heavy (non-hydrogen) atoms. The second-order valence-corrected chi connectivity index (χ2v) is 10.2. The number of fused-ring (bicyclic) bond motifs is 3. The summed E-state index contributed by atoms with van der Waals surface area (Å²) in [6, 6.07) is 6.69. The van der Waals surface area contributed by atoms with Gasteiger partial charge in [0, 0.05) is 26.7 Å². The Kier molecular flexibility index (Phi) is 5.61. The number of rotatable bonds is 3. The number of carbonyl (C=O) groups excluding carboxylic acids is 2. The molecule has 1 atom stereocenters. The third-order valence-electron chi connectivity index (χ3n) is 6.01. The number of hydrogen-bond acceptors (Lipinski definition) is 5. The van der Waals surface area contributed by atoms with Crippen molar-refractivity contribution in [3.8, 4) is 5.69 Å². The number of carbonyl (C=O) groups is 2. The van der Waals surface area contributed by atoms with Crippen molar-refractivity contribution in [1.82, 2.24) is 23.7 Å². The molecule has 0 aliphatic carbocycles. The number of benzene rings is 1. The molecule has 2 aromatic rings. The van der Waals surface area contributed by atoms with Crippen molar-refractivity contribution >= 4 is 21.8 Å². The summed E-state index contributed by atoms with van der Waals surface area (Å²) in [6.45, 7) is 2.25. The van der Waals surface area contributed by atoms with Crippen LogP contribution in [0.3, 0.4) is 0 Å². The largest absolute Gasteiger partial charge is 0.348 e. The fourth-order valence-corrected chi connectivity index (χ4v) is 5.68. The Labute approximate surface area is 182 Å². The lowest BCUT2D eigenvalue weighted by Crippen LogP contribution is -2.43. The van der Waals surface area contributed by atoms with Crippen LogP contribution in [-0.2, 0) is 21.4 Å². The zero-order valence-corrected chi connectivity index (χ0v) is 18.8. The summed E-state index contributed by atoms with van der Waals surface area (Å²) in [5, 5.41) is 0. The fraction of sp³-hybridized carbons (Fsp3) is 0.476. The van der Waals surface area contributed by atoms with Gasteiger partial charge < -0.3 is 9.80 Å². The number of likely N-dealkylation sites (tertiary alicyclic amines) is 1. The second-order valence-electron chi connectivity index (χ2n) is 8.28. The van der Waals surface area contributed by atoms with E-state index in [2.05, 4.69) is 4.98 Å². The summed E-state index contributed by atoms with van der Waals surface area (Å²) in [6.07, 6.45) is 4.45.